The number of carbonyl (C=O) groups is 1. The molecule has 1 aromatic rings. The summed E-state index contributed by atoms with van der Waals surface area (Å²) < 4.78 is 6.06. The average Bonchev–Trinajstić information content (AvgIpc) is 2.59. The fraction of sp³-hybridized carbons (Fsp3) is 0.300. The molecule has 15 heavy (non-hydrogen) atoms. The van der Waals surface area contributed by atoms with Crippen LogP contribution < -0.4 is 0 Å². The van der Waals surface area contributed by atoms with Crippen LogP contribution in [0.1, 0.15) is 22.7 Å². The molecule has 0 aliphatic rings. The number of nitrogens with zero attached hydrogens (tertiary/aromatic N) is 3. The van der Waals surface area contributed by atoms with Crippen LogP contribution >= 0.6 is 0 Å². The predicted molar refractivity (Wildman–Crippen MR) is 51.7 cm³/mol. The summed E-state index contributed by atoms with van der Waals surface area (Å²) in [7, 11) is 2.97. The highest BCUT2D eigenvalue weighted by Crippen LogP contribution is 2.01. The Labute approximate surface area is 87.3 Å². The largest absolute Gasteiger partial charge is 0.463 e. The summed E-state index contributed by atoms with van der Waals surface area (Å²) in [5, 5.41) is 8.28. The van der Waals surface area contributed by atoms with Gasteiger partial charge >= 0.3 is 5.97 Å². The Morgan fingerprint density at radius 2 is 2.47 bits per heavy atom. The summed E-state index contributed by atoms with van der Waals surface area (Å²) in [6.07, 6.45) is 1.75. The summed E-state index contributed by atoms with van der Waals surface area (Å²) in [4.78, 5) is 15.1. The maximum absolute atomic E-state index is 11.2. The summed E-state index contributed by atoms with van der Waals surface area (Å²) in [5.41, 5.74) is 0.452. The summed E-state index contributed by atoms with van der Waals surface area (Å²) in [6.45, 7) is 0. The average molecular weight is 203 g/mol. The molecule has 0 radical (unpaired) electrons. The maximum Gasteiger partial charge on any atom is 0.374 e. The first-order valence-corrected chi connectivity index (χ1v) is 4.16. The van der Waals surface area contributed by atoms with E-state index in [-0.39, 0.29) is 12.2 Å². The second kappa shape index (κ2) is 4.83. The number of ether oxygens (including phenoxy) is 1. The molecule has 1 heterocycles. The molecule has 0 saturated heterocycles. The fourth-order valence-corrected chi connectivity index (χ4v) is 0.982. The Kier molecular flexibility index (Phi) is 3.48. The van der Waals surface area contributed by atoms with Crippen LogP contribution in [0.2, 0.25) is 0 Å². The summed E-state index contributed by atoms with van der Waals surface area (Å²) in [5.74, 6) is 4.97. The smallest absolute Gasteiger partial charge is 0.374 e. The highest BCUT2D eigenvalue weighted by atomic mass is 16.5. The van der Waals surface area contributed by atoms with E-state index in [0.29, 0.717) is 5.69 Å². The third-order valence-electron chi connectivity index (χ3n) is 1.63. The van der Waals surface area contributed by atoms with E-state index in [9.17, 15) is 4.79 Å². The zero-order valence-electron chi connectivity index (χ0n) is 8.44. The van der Waals surface area contributed by atoms with Crippen LogP contribution in [-0.4, -0.2) is 22.6 Å². The minimum atomic E-state index is -0.508. The maximum atomic E-state index is 11.2. The van der Waals surface area contributed by atoms with Crippen LogP contribution in [0.5, 0.6) is 0 Å². The lowest BCUT2D eigenvalue weighted by Crippen LogP contribution is -2.08. The number of imidazole rings is 1. The van der Waals surface area contributed by atoms with Gasteiger partial charge in [0.15, 0.2) is 0 Å². The van der Waals surface area contributed by atoms with E-state index in [2.05, 4.69) is 21.6 Å². The van der Waals surface area contributed by atoms with Gasteiger partial charge in [0.05, 0.1) is 19.6 Å². The number of rotatable bonds is 1. The van der Waals surface area contributed by atoms with Crippen LogP contribution in [0.3, 0.4) is 0 Å². The van der Waals surface area contributed by atoms with Crippen molar-refractivity contribution in [3.63, 3.8) is 0 Å². The molecule has 0 aliphatic carbocycles. The molecular formula is C10H9N3O2. The lowest BCUT2D eigenvalue weighted by Gasteiger charge is -1.96. The standard InChI is InChI=1S/C10H9N3O2/c1-13-7-8(5-3-4-6-11)12-9(13)10(14)15-2/h7H,4H2,1-2H3. The normalized spacial score (nSPS) is 8.60. The van der Waals surface area contributed by atoms with Gasteiger partial charge in [-0.3, -0.25) is 0 Å². The lowest BCUT2D eigenvalue weighted by atomic mass is 10.4. The fourth-order valence-electron chi connectivity index (χ4n) is 0.982. The van der Waals surface area contributed by atoms with Crippen LogP contribution in [-0.2, 0) is 11.8 Å². The van der Waals surface area contributed by atoms with E-state index in [1.165, 1.54) is 11.7 Å². The van der Waals surface area contributed by atoms with Gasteiger partial charge in [0.25, 0.3) is 0 Å². The molecule has 76 valence electrons. The quantitative estimate of drug-likeness (QED) is 0.491. The third-order valence-corrected chi connectivity index (χ3v) is 1.63. The summed E-state index contributed by atoms with van der Waals surface area (Å²) in [6, 6.07) is 1.89. The minimum absolute atomic E-state index is 0.143. The molecule has 5 nitrogen and oxygen atoms in total. The molecule has 1 rings (SSSR count). The number of nitriles is 1. The number of carbonyl (C=O) groups excluding carboxylic acids is 1. The molecule has 0 saturated carbocycles. The van der Waals surface area contributed by atoms with E-state index in [4.69, 9.17) is 5.26 Å². The van der Waals surface area contributed by atoms with Crippen molar-refractivity contribution in [3.8, 4) is 17.9 Å². The van der Waals surface area contributed by atoms with Gasteiger partial charge in [-0.05, 0) is 5.92 Å². The van der Waals surface area contributed by atoms with Crippen molar-refractivity contribution >= 4 is 5.97 Å². The topological polar surface area (TPSA) is 67.9 Å². The van der Waals surface area contributed by atoms with Crippen molar-refractivity contribution < 1.29 is 9.53 Å². The Balaban J connectivity index is 2.93. The van der Waals surface area contributed by atoms with Gasteiger partial charge < -0.3 is 9.30 Å². The molecule has 0 spiro atoms. The number of aryl methyl sites for hydroxylation is 1. The molecule has 0 unspecified atom stereocenters. The van der Waals surface area contributed by atoms with Crippen molar-refractivity contribution in [2.45, 2.75) is 6.42 Å². The number of methoxy groups -OCH3 is 1. The van der Waals surface area contributed by atoms with E-state index in [1.54, 1.807) is 13.2 Å². The van der Waals surface area contributed by atoms with Gasteiger partial charge in [-0.2, -0.15) is 5.26 Å². The van der Waals surface area contributed by atoms with Crippen LogP contribution in [0, 0.1) is 23.2 Å². The molecule has 5 heteroatoms. The number of esters is 1. The van der Waals surface area contributed by atoms with Crippen molar-refractivity contribution in [1.29, 1.82) is 5.26 Å². The van der Waals surface area contributed by atoms with E-state index < -0.39 is 5.97 Å². The van der Waals surface area contributed by atoms with Gasteiger partial charge in [-0.25, -0.2) is 9.78 Å². The van der Waals surface area contributed by atoms with Crippen molar-refractivity contribution in [2.24, 2.45) is 7.05 Å². The number of hydrogen-bond acceptors (Lipinski definition) is 4. The highest BCUT2D eigenvalue weighted by Gasteiger charge is 2.12. The zero-order chi connectivity index (χ0) is 11.3. The van der Waals surface area contributed by atoms with Gasteiger partial charge in [-0.15, -0.1) is 0 Å². The molecule has 0 aromatic carbocycles. The van der Waals surface area contributed by atoms with E-state index in [1.807, 2.05) is 6.07 Å². The second-order valence-corrected chi connectivity index (χ2v) is 2.69. The van der Waals surface area contributed by atoms with Crippen molar-refractivity contribution in [1.82, 2.24) is 9.55 Å². The molecule has 0 N–H and O–H groups in total. The SMILES string of the molecule is COC(=O)c1nc(C#CCC#N)cn1C. The Hall–Kier alpha value is -2.27. The van der Waals surface area contributed by atoms with Gasteiger partial charge in [0.1, 0.15) is 5.69 Å². The minimum Gasteiger partial charge on any atom is -0.463 e. The lowest BCUT2D eigenvalue weighted by molar-refractivity contribution is 0.0582. The number of hydrogen-bond donors (Lipinski definition) is 0. The molecular weight excluding hydrogens is 194 g/mol. The molecule has 1 aromatic heterocycles. The second-order valence-electron chi connectivity index (χ2n) is 2.69. The van der Waals surface area contributed by atoms with Crippen LogP contribution in [0.4, 0.5) is 0 Å². The Bertz CT molecular complexity index is 471. The molecule has 0 atom stereocenters. The summed E-state index contributed by atoms with van der Waals surface area (Å²) >= 11 is 0. The zero-order valence-corrected chi connectivity index (χ0v) is 8.44. The first kappa shape index (κ1) is 10.8. The monoisotopic (exact) mass is 203 g/mol. The molecule has 0 bridgehead atoms. The first-order chi connectivity index (χ1) is 7.19. The van der Waals surface area contributed by atoms with Gasteiger partial charge in [-0.1, -0.05) is 5.92 Å². The van der Waals surface area contributed by atoms with Crippen molar-refractivity contribution in [3.05, 3.63) is 17.7 Å². The van der Waals surface area contributed by atoms with E-state index in [0.717, 1.165) is 0 Å². The van der Waals surface area contributed by atoms with Crippen LogP contribution in [0.25, 0.3) is 0 Å². The van der Waals surface area contributed by atoms with Gasteiger partial charge in [0, 0.05) is 13.2 Å². The van der Waals surface area contributed by atoms with Crippen LogP contribution in [0.15, 0.2) is 6.20 Å². The van der Waals surface area contributed by atoms with E-state index >= 15 is 0 Å². The van der Waals surface area contributed by atoms with Crippen molar-refractivity contribution in [2.75, 3.05) is 7.11 Å². The van der Waals surface area contributed by atoms with Gasteiger partial charge in [0.2, 0.25) is 5.82 Å². The first-order valence-electron chi connectivity index (χ1n) is 4.16. The number of aromatic nitrogens is 2. The molecule has 0 aliphatic heterocycles. The Morgan fingerprint density at radius 3 is 3.07 bits per heavy atom. The third kappa shape index (κ3) is 2.58. The predicted octanol–water partition coefficient (Wildman–Crippen LogP) is 0.472. The molecule has 0 fully saturated rings. The highest BCUT2D eigenvalue weighted by molar-refractivity contribution is 5.85. The Morgan fingerprint density at radius 1 is 1.73 bits per heavy atom. The molecule has 0 amide bonds.